The van der Waals surface area contributed by atoms with Gasteiger partial charge in [0.15, 0.2) is 0 Å². The zero-order valence-electron chi connectivity index (χ0n) is 39.7. The van der Waals surface area contributed by atoms with E-state index in [-0.39, 0.29) is 22.2 Å². The normalized spacial score (nSPS) is 33.1. The summed E-state index contributed by atoms with van der Waals surface area (Å²) in [6.45, 7) is 17.3. The van der Waals surface area contributed by atoms with Gasteiger partial charge in [-0.15, -0.1) is 0 Å². The van der Waals surface area contributed by atoms with Crippen molar-refractivity contribution in [2.45, 2.75) is 22.2 Å². The highest BCUT2D eigenvalue weighted by atomic mass is 15.4. The number of rotatable bonds is 4. The van der Waals surface area contributed by atoms with Crippen molar-refractivity contribution in [3.05, 3.63) is 144 Å². The van der Waals surface area contributed by atoms with Crippen molar-refractivity contribution in [3.63, 3.8) is 0 Å². The summed E-state index contributed by atoms with van der Waals surface area (Å²) < 4.78 is 0. The fraction of sp³-hybridized carbons (Fsp3) is 0.400. The molecule has 0 bridgehead atoms. The average Bonchev–Trinajstić information content (AvgIpc) is 4.20. The topological polar surface area (TPSA) is 25.9 Å². The number of nitrogens with zero attached hydrogens (tertiary/aromatic N) is 8. The molecule has 8 nitrogen and oxygen atoms in total. The minimum atomic E-state index is -0.388. The molecule has 4 aliphatic heterocycles. The van der Waals surface area contributed by atoms with E-state index in [1.54, 1.807) is 89.1 Å². The molecular formula is C60H54N8. The molecule has 334 valence electrons. The van der Waals surface area contributed by atoms with E-state index in [1.807, 2.05) is 0 Å². The van der Waals surface area contributed by atoms with Crippen molar-refractivity contribution in [1.29, 1.82) is 0 Å². The summed E-state index contributed by atoms with van der Waals surface area (Å²) in [4.78, 5) is 22.9. The van der Waals surface area contributed by atoms with Crippen molar-refractivity contribution in [3.8, 4) is 55.6 Å². The van der Waals surface area contributed by atoms with Crippen LogP contribution >= 0.6 is 0 Å². The Balaban J connectivity index is 1.09. The molecule has 4 atom stereocenters. The van der Waals surface area contributed by atoms with Gasteiger partial charge in [0.25, 0.3) is 0 Å². The second-order valence-electron chi connectivity index (χ2n) is 23.8. The standard InChI is InChI=1S/C60H54N8/c1-61-15-23-65(24-16-61)57-45-33-7-5-31-32-6-8-34-36-10-12-38-40-14-13-39-37-11-9-35(33)47(57)49(37)59(67-27-19-63(3)20-28-67)51(39)52(40)60(68-29-21-64(4)22-30-68)50(38)48(36)58(66-25-17-62(2)18-26-66)46(34)42(32)43(41(31)45)44-53(57)55(59)56(60)54(44)58/h5-14H,15-30H2,1-4H3/t57-,58+,59-,60+. The van der Waals surface area contributed by atoms with Gasteiger partial charge in [-0.25, -0.2) is 0 Å². The maximum atomic E-state index is 3.11. The Hall–Kier alpha value is -5.00. The maximum absolute atomic E-state index is 3.11. The van der Waals surface area contributed by atoms with E-state index in [0.717, 1.165) is 105 Å². The zero-order valence-corrected chi connectivity index (χ0v) is 39.7. The second-order valence-corrected chi connectivity index (χ2v) is 23.8. The molecule has 5 aromatic rings. The van der Waals surface area contributed by atoms with Crippen LogP contribution in [0.25, 0.3) is 61.2 Å². The lowest BCUT2D eigenvalue weighted by Crippen LogP contribution is -2.67. The first-order valence-corrected chi connectivity index (χ1v) is 26.3. The Labute approximate surface area is 398 Å². The third-order valence-electron chi connectivity index (χ3n) is 21.7. The van der Waals surface area contributed by atoms with Gasteiger partial charge in [0.05, 0.1) is 0 Å². The monoisotopic (exact) mass is 886 g/mol. The molecule has 20 rings (SSSR count). The zero-order chi connectivity index (χ0) is 44.0. The smallest absolute Gasteiger partial charge is 0.101 e. The molecule has 0 unspecified atom stereocenters. The Morgan fingerprint density at radius 3 is 0.735 bits per heavy atom. The van der Waals surface area contributed by atoms with Gasteiger partial charge in [-0.1, -0.05) is 60.7 Å². The third kappa shape index (κ3) is 3.06. The molecule has 4 heterocycles. The number of piperazine rings is 4. The first kappa shape index (κ1) is 36.0. The fourth-order valence-electron chi connectivity index (χ4n) is 19.4. The minimum absolute atomic E-state index is 0.378. The number of hydrogen-bond donors (Lipinski definition) is 0. The summed E-state index contributed by atoms with van der Waals surface area (Å²) in [6, 6.07) is 26.3. The van der Waals surface area contributed by atoms with Crippen LogP contribution in [-0.2, 0) is 22.2 Å². The molecule has 0 saturated carbocycles. The highest BCUT2D eigenvalue weighted by molar-refractivity contribution is 6.20. The molecule has 0 N–H and O–H groups in total. The fourth-order valence-corrected chi connectivity index (χ4v) is 19.4. The lowest BCUT2D eigenvalue weighted by atomic mass is 9.52. The number of hydrogen-bond acceptors (Lipinski definition) is 8. The molecule has 0 aromatic heterocycles. The van der Waals surface area contributed by atoms with Gasteiger partial charge in [0, 0.05) is 105 Å². The lowest BCUT2D eigenvalue weighted by Gasteiger charge is -2.63. The Morgan fingerprint density at radius 1 is 0.250 bits per heavy atom. The van der Waals surface area contributed by atoms with Crippen molar-refractivity contribution in [1.82, 2.24) is 39.2 Å². The first-order valence-electron chi connectivity index (χ1n) is 26.3. The molecule has 68 heavy (non-hydrogen) atoms. The van der Waals surface area contributed by atoms with Gasteiger partial charge in [0.2, 0.25) is 0 Å². The minimum Gasteiger partial charge on any atom is -0.304 e. The highest BCUT2D eigenvalue weighted by Gasteiger charge is 2.80. The van der Waals surface area contributed by atoms with E-state index in [2.05, 4.69) is 128 Å². The SMILES string of the molecule is CN1CCN([C@@]23C4=C5C6=C7c8c9ccc%10c8[C@@]8(N%11CCN(C)CC%11)C6=C4[C@@]4(N6CCN(C)CC6)c6c(ccc(c62)-c2ccc6c(c23)[C@]5(N2CCN(C)CC2)c2c-6ccc-9c27)-c2ccc-%10c8c24)CC1. The number of likely N-dealkylation sites (N-methyl/N-ethyl adjacent to an activating group) is 4. The lowest BCUT2D eigenvalue weighted by molar-refractivity contribution is 0.0420. The molecule has 0 radical (unpaired) electrons. The molecule has 11 aliphatic carbocycles. The molecule has 8 heteroatoms. The molecule has 4 saturated heterocycles. The molecule has 5 aromatic carbocycles. The Kier molecular flexibility index (Phi) is 5.65. The molecule has 4 fully saturated rings. The summed E-state index contributed by atoms with van der Waals surface area (Å²) >= 11 is 0. The quantitative estimate of drug-likeness (QED) is 0.203. The van der Waals surface area contributed by atoms with Gasteiger partial charge >= 0.3 is 0 Å². The highest BCUT2D eigenvalue weighted by Crippen LogP contribution is 2.87. The van der Waals surface area contributed by atoms with Crippen LogP contribution in [0.2, 0.25) is 0 Å². The Morgan fingerprint density at radius 2 is 0.471 bits per heavy atom. The second kappa shape index (κ2) is 10.7. The van der Waals surface area contributed by atoms with Gasteiger partial charge in [-0.05, 0) is 173 Å². The number of fused-ring (bicyclic) bond motifs is 5. The van der Waals surface area contributed by atoms with E-state index in [0.29, 0.717) is 0 Å². The van der Waals surface area contributed by atoms with Crippen molar-refractivity contribution in [2.75, 3.05) is 133 Å². The predicted octanol–water partition coefficient (Wildman–Crippen LogP) is 6.33. The van der Waals surface area contributed by atoms with Gasteiger partial charge < -0.3 is 19.6 Å². The maximum Gasteiger partial charge on any atom is 0.101 e. The summed E-state index contributed by atoms with van der Waals surface area (Å²) in [6.07, 6.45) is 0. The van der Waals surface area contributed by atoms with Crippen molar-refractivity contribution < 1.29 is 0 Å². The van der Waals surface area contributed by atoms with E-state index >= 15 is 0 Å². The summed E-state index contributed by atoms with van der Waals surface area (Å²) in [5, 5.41) is 0. The van der Waals surface area contributed by atoms with Crippen LogP contribution in [0.5, 0.6) is 0 Å². The van der Waals surface area contributed by atoms with Crippen LogP contribution in [0, 0.1) is 0 Å². The van der Waals surface area contributed by atoms with Crippen LogP contribution in [0.3, 0.4) is 0 Å². The van der Waals surface area contributed by atoms with E-state index in [4.69, 9.17) is 0 Å². The van der Waals surface area contributed by atoms with E-state index in [9.17, 15) is 0 Å². The van der Waals surface area contributed by atoms with E-state index < -0.39 is 0 Å². The van der Waals surface area contributed by atoms with Gasteiger partial charge in [-0.3, -0.25) is 19.6 Å². The molecule has 0 amide bonds. The number of benzene rings is 5. The van der Waals surface area contributed by atoms with Crippen molar-refractivity contribution >= 4 is 5.57 Å². The largest absolute Gasteiger partial charge is 0.304 e. The van der Waals surface area contributed by atoms with Crippen molar-refractivity contribution in [2.24, 2.45) is 0 Å². The Bertz CT molecular complexity index is 3370. The summed E-state index contributed by atoms with van der Waals surface area (Å²) in [7, 11) is 9.47. The van der Waals surface area contributed by atoms with Gasteiger partial charge in [0.1, 0.15) is 22.2 Å². The third-order valence-corrected chi connectivity index (χ3v) is 21.7. The average molecular weight is 887 g/mol. The van der Waals surface area contributed by atoms with Crippen LogP contribution in [0.4, 0.5) is 0 Å². The van der Waals surface area contributed by atoms with Crippen LogP contribution in [0.1, 0.15) is 55.6 Å². The predicted molar refractivity (Wildman–Crippen MR) is 267 cm³/mol. The molecular weight excluding hydrogens is 833 g/mol. The summed E-state index contributed by atoms with van der Waals surface area (Å²) in [5.74, 6) is 0. The molecule has 15 aliphatic rings. The van der Waals surface area contributed by atoms with Crippen LogP contribution < -0.4 is 0 Å². The van der Waals surface area contributed by atoms with E-state index in [1.165, 1.54) is 55.6 Å². The van der Waals surface area contributed by atoms with Crippen LogP contribution in [0.15, 0.2) is 88.5 Å². The van der Waals surface area contributed by atoms with Gasteiger partial charge in [-0.2, -0.15) is 0 Å². The molecule has 0 spiro atoms. The van der Waals surface area contributed by atoms with Crippen LogP contribution in [-0.4, -0.2) is 172 Å². The summed E-state index contributed by atoms with van der Waals surface area (Å²) in [5.41, 5.74) is 40.4. The first-order chi connectivity index (χ1) is 33.4.